The van der Waals surface area contributed by atoms with Crippen molar-refractivity contribution in [1.82, 2.24) is 19.9 Å². The fourth-order valence-electron chi connectivity index (χ4n) is 2.35. The third-order valence-electron chi connectivity index (χ3n) is 3.36. The van der Waals surface area contributed by atoms with Crippen LogP contribution in [0.3, 0.4) is 0 Å². The molecule has 0 bridgehead atoms. The van der Waals surface area contributed by atoms with E-state index in [0.717, 1.165) is 32.7 Å². The monoisotopic (exact) mass is 294 g/mol. The lowest BCUT2D eigenvalue weighted by Gasteiger charge is -2.34. The molecule has 0 saturated carbocycles. The Morgan fingerprint density at radius 3 is 2.43 bits per heavy atom. The first-order valence-corrected chi connectivity index (χ1v) is 7.70. The Labute approximate surface area is 126 Å². The van der Waals surface area contributed by atoms with Crippen LogP contribution in [0.4, 0.5) is 11.9 Å². The number of nitrogens with one attached hydrogen (secondary N) is 1. The number of hydrogen-bond donors (Lipinski definition) is 1. The van der Waals surface area contributed by atoms with E-state index in [0.29, 0.717) is 17.9 Å². The van der Waals surface area contributed by atoms with Crippen LogP contribution in [0.2, 0.25) is 0 Å². The number of rotatable bonds is 6. The van der Waals surface area contributed by atoms with Crippen molar-refractivity contribution in [3.05, 3.63) is 0 Å². The zero-order chi connectivity index (χ0) is 15.2. The maximum absolute atomic E-state index is 5.61. The highest BCUT2D eigenvalue weighted by Gasteiger charge is 2.20. The Bertz CT molecular complexity index is 445. The van der Waals surface area contributed by atoms with Gasteiger partial charge in [0, 0.05) is 33.2 Å². The van der Waals surface area contributed by atoms with Crippen molar-refractivity contribution >= 4 is 11.9 Å². The van der Waals surface area contributed by atoms with Crippen LogP contribution >= 0.6 is 0 Å². The van der Waals surface area contributed by atoms with Crippen molar-refractivity contribution in [2.45, 2.75) is 33.3 Å². The average Bonchev–Trinajstić information content (AvgIpc) is 2.47. The maximum atomic E-state index is 5.61. The molecule has 0 amide bonds. The van der Waals surface area contributed by atoms with E-state index in [1.165, 1.54) is 6.42 Å². The predicted molar refractivity (Wildman–Crippen MR) is 84.1 cm³/mol. The highest BCUT2D eigenvalue weighted by molar-refractivity contribution is 5.38. The van der Waals surface area contributed by atoms with Crippen LogP contribution in [-0.4, -0.2) is 65.7 Å². The summed E-state index contributed by atoms with van der Waals surface area (Å²) in [5.74, 6) is 1.24. The van der Waals surface area contributed by atoms with E-state index in [-0.39, 0.29) is 6.10 Å². The zero-order valence-electron chi connectivity index (χ0n) is 13.5. The second-order valence-electron chi connectivity index (χ2n) is 5.49. The summed E-state index contributed by atoms with van der Waals surface area (Å²) >= 11 is 0. The van der Waals surface area contributed by atoms with E-state index in [4.69, 9.17) is 4.74 Å². The van der Waals surface area contributed by atoms with E-state index in [1.54, 1.807) is 7.05 Å². The third-order valence-corrected chi connectivity index (χ3v) is 3.36. The first-order chi connectivity index (χ1) is 10.1. The number of hydrogen-bond acceptors (Lipinski definition) is 7. The van der Waals surface area contributed by atoms with Gasteiger partial charge in [-0.15, -0.1) is 0 Å². The van der Waals surface area contributed by atoms with E-state index in [1.807, 2.05) is 13.8 Å². The summed E-state index contributed by atoms with van der Waals surface area (Å²) < 4.78 is 5.61. The Morgan fingerprint density at radius 2 is 1.86 bits per heavy atom. The number of piperazine rings is 1. The quantitative estimate of drug-likeness (QED) is 0.846. The molecule has 0 atom stereocenters. The SMILES string of the molecule is CCCN1CCN(c2nc(NC)nc(OC(C)C)n2)CC1. The van der Waals surface area contributed by atoms with E-state index in [9.17, 15) is 0 Å². The molecule has 0 aromatic carbocycles. The Kier molecular flexibility index (Phi) is 5.55. The Balaban J connectivity index is 2.08. The molecule has 0 radical (unpaired) electrons. The lowest BCUT2D eigenvalue weighted by Crippen LogP contribution is -2.47. The van der Waals surface area contributed by atoms with Crippen LogP contribution in [0.15, 0.2) is 0 Å². The smallest absolute Gasteiger partial charge is 0.323 e. The van der Waals surface area contributed by atoms with Crippen LogP contribution < -0.4 is 15.0 Å². The number of anilines is 2. The van der Waals surface area contributed by atoms with Crippen molar-refractivity contribution in [2.75, 3.05) is 50.0 Å². The van der Waals surface area contributed by atoms with Gasteiger partial charge < -0.3 is 15.0 Å². The highest BCUT2D eigenvalue weighted by atomic mass is 16.5. The van der Waals surface area contributed by atoms with Gasteiger partial charge in [0.1, 0.15) is 0 Å². The Morgan fingerprint density at radius 1 is 1.14 bits per heavy atom. The van der Waals surface area contributed by atoms with E-state index >= 15 is 0 Å². The molecule has 7 nitrogen and oxygen atoms in total. The van der Waals surface area contributed by atoms with Gasteiger partial charge in [-0.05, 0) is 26.8 Å². The molecule has 1 fully saturated rings. The van der Waals surface area contributed by atoms with Gasteiger partial charge in [-0.2, -0.15) is 15.0 Å². The predicted octanol–water partition coefficient (Wildman–Crippen LogP) is 1.23. The molecule has 1 aliphatic rings. The van der Waals surface area contributed by atoms with Gasteiger partial charge in [0.15, 0.2) is 0 Å². The van der Waals surface area contributed by atoms with Gasteiger partial charge in [0.25, 0.3) is 0 Å². The summed E-state index contributed by atoms with van der Waals surface area (Å²) in [4.78, 5) is 17.8. The summed E-state index contributed by atoms with van der Waals surface area (Å²) in [5.41, 5.74) is 0. The van der Waals surface area contributed by atoms with Crippen molar-refractivity contribution in [1.29, 1.82) is 0 Å². The van der Waals surface area contributed by atoms with Crippen LogP contribution in [0.5, 0.6) is 6.01 Å². The fraction of sp³-hybridized carbons (Fsp3) is 0.786. The van der Waals surface area contributed by atoms with E-state index in [2.05, 4.69) is 37.0 Å². The Hall–Kier alpha value is -1.63. The van der Waals surface area contributed by atoms with Gasteiger partial charge in [-0.25, -0.2) is 0 Å². The van der Waals surface area contributed by atoms with Crippen molar-refractivity contribution in [3.8, 4) is 6.01 Å². The summed E-state index contributed by atoms with van der Waals surface area (Å²) in [7, 11) is 1.80. The maximum Gasteiger partial charge on any atom is 0.323 e. The molecule has 1 saturated heterocycles. The second-order valence-corrected chi connectivity index (χ2v) is 5.49. The molecule has 0 aliphatic carbocycles. The first-order valence-electron chi connectivity index (χ1n) is 7.70. The van der Waals surface area contributed by atoms with Crippen molar-refractivity contribution in [3.63, 3.8) is 0 Å². The van der Waals surface area contributed by atoms with Gasteiger partial charge in [0.2, 0.25) is 11.9 Å². The molecule has 2 heterocycles. The van der Waals surface area contributed by atoms with Crippen LogP contribution in [0.1, 0.15) is 27.2 Å². The summed E-state index contributed by atoms with van der Waals surface area (Å²) in [6.45, 7) is 11.3. The first kappa shape index (κ1) is 15.8. The molecule has 7 heteroatoms. The summed E-state index contributed by atoms with van der Waals surface area (Å²) in [6.07, 6.45) is 1.24. The number of nitrogens with zero attached hydrogens (tertiary/aromatic N) is 5. The largest absolute Gasteiger partial charge is 0.461 e. The summed E-state index contributed by atoms with van der Waals surface area (Å²) in [5, 5.41) is 2.97. The summed E-state index contributed by atoms with van der Waals surface area (Å²) in [6, 6.07) is 0.385. The van der Waals surface area contributed by atoms with Crippen LogP contribution in [-0.2, 0) is 0 Å². The van der Waals surface area contributed by atoms with Crippen LogP contribution in [0, 0.1) is 0 Å². The van der Waals surface area contributed by atoms with Gasteiger partial charge >= 0.3 is 6.01 Å². The standard InChI is InChI=1S/C14H26N6O/c1-5-6-19-7-9-20(10-8-19)13-16-12(15-4)17-14(18-13)21-11(2)3/h11H,5-10H2,1-4H3,(H,15,16,17,18). The molecule has 21 heavy (non-hydrogen) atoms. The molecule has 1 aromatic heterocycles. The molecule has 1 aromatic rings. The molecule has 1 aliphatic heterocycles. The van der Waals surface area contributed by atoms with Gasteiger partial charge in [0.05, 0.1) is 6.10 Å². The van der Waals surface area contributed by atoms with Gasteiger partial charge in [-0.3, -0.25) is 4.90 Å². The van der Waals surface area contributed by atoms with Crippen molar-refractivity contribution < 1.29 is 4.74 Å². The van der Waals surface area contributed by atoms with Gasteiger partial charge in [-0.1, -0.05) is 6.92 Å². The minimum atomic E-state index is 0.0476. The minimum absolute atomic E-state index is 0.0476. The molecule has 118 valence electrons. The average molecular weight is 294 g/mol. The lowest BCUT2D eigenvalue weighted by atomic mass is 10.3. The van der Waals surface area contributed by atoms with E-state index < -0.39 is 0 Å². The number of ether oxygens (including phenoxy) is 1. The molecule has 0 unspecified atom stereocenters. The zero-order valence-corrected chi connectivity index (χ0v) is 13.5. The molecular formula is C14H26N6O. The molecule has 0 spiro atoms. The third kappa shape index (κ3) is 4.42. The molecule has 2 rings (SSSR count). The molecule has 1 N–H and O–H groups in total. The topological polar surface area (TPSA) is 66.4 Å². The lowest BCUT2D eigenvalue weighted by molar-refractivity contribution is 0.221. The minimum Gasteiger partial charge on any atom is -0.461 e. The van der Waals surface area contributed by atoms with Crippen LogP contribution in [0.25, 0.3) is 0 Å². The highest BCUT2D eigenvalue weighted by Crippen LogP contribution is 2.17. The number of aromatic nitrogens is 3. The fourth-order valence-corrected chi connectivity index (χ4v) is 2.35. The normalized spacial score (nSPS) is 16.3. The van der Waals surface area contributed by atoms with Crippen molar-refractivity contribution in [2.24, 2.45) is 0 Å². The second kappa shape index (κ2) is 7.40. The molecular weight excluding hydrogens is 268 g/mol.